The molecule has 1 aromatic carbocycles. The number of carbonyl (C=O) groups excluding carboxylic acids is 1. The van der Waals surface area contributed by atoms with Crippen molar-refractivity contribution < 1.29 is 9.90 Å². The average Bonchev–Trinajstić information content (AvgIpc) is 3.24. The molecule has 0 bridgehead atoms. The molecule has 140 valence electrons. The van der Waals surface area contributed by atoms with Crippen LogP contribution in [-0.2, 0) is 17.9 Å². The van der Waals surface area contributed by atoms with Crippen molar-refractivity contribution in [2.75, 3.05) is 11.5 Å². The number of anilines is 1. The van der Waals surface area contributed by atoms with Crippen molar-refractivity contribution in [3.05, 3.63) is 72.3 Å². The van der Waals surface area contributed by atoms with Gasteiger partial charge in [-0.3, -0.25) is 9.48 Å². The van der Waals surface area contributed by atoms with E-state index >= 15 is 0 Å². The summed E-state index contributed by atoms with van der Waals surface area (Å²) in [6.07, 6.45) is 4.89. The summed E-state index contributed by atoms with van der Waals surface area (Å²) in [5, 5.41) is 17.9. The van der Waals surface area contributed by atoms with Crippen LogP contribution in [0.3, 0.4) is 0 Å². The summed E-state index contributed by atoms with van der Waals surface area (Å²) < 4.78 is 3.49. The minimum Gasteiger partial charge on any atom is -0.394 e. The van der Waals surface area contributed by atoms with Gasteiger partial charge in [-0.25, -0.2) is 4.68 Å². The third kappa shape index (κ3) is 3.83. The van der Waals surface area contributed by atoms with Crippen molar-refractivity contribution in [2.24, 2.45) is 0 Å². The Bertz CT molecular complexity index is 957. The smallest absolute Gasteiger partial charge is 0.250 e. The molecule has 2 aromatic heterocycles. The first-order chi connectivity index (χ1) is 13.0. The lowest BCUT2D eigenvalue weighted by atomic mass is 10.2. The van der Waals surface area contributed by atoms with Crippen LogP contribution in [0.5, 0.6) is 0 Å². The van der Waals surface area contributed by atoms with E-state index in [2.05, 4.69) is 16.8 Å². The molecule has 3 aromatic rings. The van der Waals surface area contributed by atoms with E-state index in [1.165, 1.54) is 6.08 Å². The summed E-state index contributed by atoms with van der Waals surface area (Å²) >= 11 is 0. The van der Waals surface area contributed by atoms with E-state index in [0.29, 0.717) is 13.1 Å². The van der Waals surface area contributed by atoms with E-state index in [-0.39, 0.29) is 12.5 Å². The molecule has 7 nitrogen and oxygen atoms in total. The number of carbonyl (C=O) groups is 1. The van der Waals surface area contributed by atoms with Gasteiger partial charge in [0.1, 0.15) is 0 Å². The number of para-hydroxylation sites is 2. The Balaban J connectivity index is 2.04. The van der Waals surface area contributed by atoms with Crippen molar-refractivity contribution in [2.45, 2.75) is 26.9 Å². The van der Waals surface area contributed by atoms with Crippen molar-refractivity contribution in [3.8, 4) is 5.69 Å². The van der Waals surface area contributed by atoms with E-state index < -0.39 is 0 Å². The van der Waals surface area contributed by atoms with Crippen LogP contribution in [0.25, 0.3) is 5.69 Å². The summed E-state index contributed by atoms with van der Waals surface area (Å²) in [6.45, 7) is 8.28. The predicted octanol–water partition coefficient (Wildman–Crippen LogP) is 2.40. The number of amides is 1. The Morgan fingerprint density at radius 3 is 2.74 bits per heavy atom. The Kier molecular flexibility index (Phi) is 5.52. The lowest BCUT2D eigenvalue weighted by Crippen LogP contribution is -2.30. The molecule has 0 fully saturated rings. The van der Waals surface area contributed by atoms with Gasteiger partial charge in [-0.15, -0.1) is 0 Å². The maximum atomic E-state index is 12.7. The third-order valence-electron chi connectivity index (χ3n) is 4.38. The molecule has 0 radical (unpaired) electrons. The van der Waals surface area contributed by atoms with Gasteiger partial charge >= 0.3 is 0 Å². The van der Waals surface area contributed by atoms with Crippen molar-refractivity contribution in [1.82, 2.24) is 19.6 Å². The van der Waals surface area contributed by atoms with Gasteiger partial charge in [0.2, 0.25) is 0 Å². The number of hydrogen-bond acceptors (Lipinski definition) is 4. The molecular weight excluding hydrogens is 342 g/mol. The Morgan fingerprint density at radius 2 is 2.07 bits per heavy atom. The molecule has 3 rings (SSSR count). The normalized spacial score (nSPS) is 10.8. The predicted molar refractivity (Wildman–Crippen MR) is 104 cm³/mol. The fraction of sp³-hybridized carbons (Fsp3) is 0.250. The largest absolute Gasteiger partial charge is 0.394 e. The monoisotopic (exact) mass is 365 g/mol. The maximum Gasteiger partial charge on any atom is 0.250 e. The van der Waals surface area contributed by atoms with Crippen LogP contribution in [0.4, 0.5) is 5.69 Å². The van der Waals surface area contributed by atoms with Gasteiger partial charge in [-0.1, -0.05) is 18.7 Å². The molecule has 0 unspecified atom stereocenters. The van der Waals surface area contributed by atoms with E-state index in [0.717, 1.165) is 28.3 Å². The SMILES string of the molecule is C=CC(=O)N(Cc1cn(CCO)nc1C)c1ccccc1-n1nccc1C. The number of aliphatic hydroxyl groups excluding tert-OH is 1. The second-order valence-electron chi connectivity index (χ2n) is 6.23. The summed E-state index contributed by atoms with van der Waals surface area (Å²) in [5.74, 6) is -0.207. The Hall–Kier alpha value is -3.19. The number of rotatable bonds is 7. The minimum absolute atomic E-state index is 0.0112. The van der Waals surface area contributed by atoms with E-state index in [9.17, 15) is 4.79 Å². The molecule has 1 N–H and O–H groups in total. The highest BCUT2D eigenvalue weighted by Gasteiger charge is 2.20. The van der Waals surface area contributed by atoms with Gasteiger partial charge < -0.3 is 10.0 Å². The number of aromatic nitrogens is 4. The summed E-state index contributed by atoms with van der Waals surface area (Å²) in [4.78, 5) is 14.3. The van der Waals surface area contributed by atoms with Crippen molar-refractivity contribution >= 4 is 11.6 Å². The molecule has 1 amide bonds. The van der Waals surface area contributed by atoms with Crippen LogP contribution in [0.2, 0.25) is 0 Å². The van der Waals surface area contributed by atoms with Crippen molar-refractivity contribution in [1.29, 1.82) is 0 Å². The highest BCUT2D eigenvalue weighted by molar-refractivity contribution is 6.02. The fourth-order valence-electron chi connectivity index (χ4n) is 2.99. The number of aryl methyl sites for hydroxylation is 2. The molecule has 0 atom stereocenters. The summed E-state index contributed by atoms with van der Waals surface area (Å²) in [5.41, 5.74) is 4.25. The van der Waals surface area contributed by atoms with Crippen LogP contribution in [0.15, 0.2) is 55.4 Å². The zero-order valence-electron chi connectivity index (χ0n) is 15.5. The van der Waals surface area contributed by atoms with Gasteiger partial charge in [0.15, 0.2) is 0 Å². The highest BCUT2D eigenvalue weighted by atomic mass is 16.3. The molecule has 0 aliphatic rings. The van der Waals surface area contributed by atoms with Crippen LogP contribution in [0, 0.1) is 13.8 Å². The van der Waals surface area contributed by atoms with E-state index in [1.807, 2.05) is 50.4 Å². The standard InChI is InChI=1S/C20H23N5O2/c1-4-20(27)24(14-17-13-23(11-12-26)22-16(17)3)18-7-5-6-8-19(18)25-15(2)9-10-21-25/h4-10,13,26H,1,11-12,14H2,2-3H3. The van der Waals surface area contributed by atoms with Gasteiger partial charge in [0.05, 0.1) is 36.8 Å². The molecule has 0 aliphatic heterocycles. The molecule has 0 saturated heterocycles. The van der Waals surface area contributed by atoms with Gasteiger partial charge in [0.25, 0.3) is 5.91 Å². The van der Waals surface area contributed by atoms with Crippen LogP contribution >= 0.6 is 0 Å². The lowest BCUT2D eigenvalue weighted by Gasteiger charge is -2.24. The first-order valence-electron chi connectivity index (χ1n) is 8.73. The first kappa shape index (κ1) is 18.6. The third-order valence-corrected chi connectivity index (χ3v) is 4.38. The van der Waals surface area contributed by atoms with Gasteiger partial charge in [0, 0.05) is 23.7 Å². The molecule has 2 heterocycles. The molecular formula is C20H23N5O2. The van der Waals surface area contributed by atoms with Crippen LogP contribution in [-0.4, -0.2) is 37.2 Å². The first-order valence-corrected chi connectivity index (χ1v) is 8.73. The Morgan fingerprint density at radius 1 is 1.30 bits per heavy atom. The summed E-state index contributed by atoms with van der Waals surface area (Å²) in [7, 11) is 0. The van der Waals surface area contributed by atoms with Crippen molar-refractivity contribution in [3.63, 3.8) is 0 Å². The van der Waals surface area contributed by atoms with Gasteiger partial charge in [-0.2, -0.15) is 10.2 Å². The topological polar surface area (TPSA) is 76.2 Å². The zero-order chi connectivity index (χ0) is 19.4. The zero-order valence-corrected chi connectivity index (χ0v) is 15.5. The molecule has 27 heavy (non-hydrogen) atoms. The minimum atomic E-state index is -0.207. The van der Waals surface area contributed by atoms with Crippen LogP contribution < -0.4 is 4.90 Å². The second kappa shape index (κ2) is 8.01. The fourth-order valence-corrected chi connectivity index (χ4v) is 2.99. The summed E-state index contributed by atoms with van der Waals surface area (Å²) in [6, 6.07) is 9.55. The maximum absolute atomic E-state index is 12.7. The highest BCUT2D eigenvalue weighted by Crippen LogP contribution is 2.27. The average molecular weight is 365 g/mol. The number of nitrogens with zero attached hydrogens (tertiary/aromatic N) is 5. The Labute approximate surface area is 158 Å². The van der Waals surface area contributed by atoms with E-state index in [4.69, 9.17) is 5.11 Å². The molecule has 0 aliphatic carbocycles. The molecule has 7 heteroatoms. The molecule has 0 saturated carbocycles. The molecule has 0 spiro atoms. The number of benzene rings is 1. The van der Waals surface area contributed by atoms with Gasteiger partial charge in [-0.05, 0) is 38.1 Å². The number of hydrogen-bond donors (Lipinski definition) is 1. The van der Waals surface area contributed by atoms with E-state index in [1.54, 1.807) is 20.5 Å². The number of aliphatic hydroxyl groups is 1. The quantitative estimate of drug-likeness (QED) is 0.652. The lowest BCUT2D eigenvalue weighted by molar-refractivity contribution is -0.114. The second-order valence-corrected chi connectivity index (χ2v) is 6.23. The van der Waals surface area contributed by atoms with Crippen LogP contribution in [0.1, 0.15) is 17.0 Å².